The van der Waals surface area contributed by atoms with Gasteiger partial charge in [-0.25, -0.2) is 4.39 Å². The maximum absolute atomic E-state index is 13.2. The van der Waals surface area contributed by atoms with Gasteiger partial charge in [0, 0.05) is 15.0 Å². The third kappa shape index (κ3) is 4.16. The van der Waals surface area contributed by atoms with E-state index in [0.29, 0.717) is 22.1 Å². The average Bonchev–Trinajstić information content (AvgIpc) is 2.57. The van der Waals surface area contributed by atoms with Crippen molar-refractivity contribution >= 4 is 51.5 Å². The molecule has 25 heavy (non-hydrogen) atoms. The highest BCUT2D eigenvalue weighted by atomic mass is 127. The third-order valence-corrected chi connectivity index (χ3v) is 4.76. The predicted octanol–water partition coefficient (Wildman–Crippen LogP) is 3.86. The van der Waals surface area contributed by atoms with Crippen molar-refractivity contribution in [2.45, 2.75) is 13.0 Å². The molecule has 0 saturated heterocycles. The molecule has 1 heterocycles. The zero-order valence-electron chi connectivity index (χ0n) is 13.3. The van der Waals surface area contributed by atoms with E-state index >= 15 is 0 Å². The number of carbonyl (C=O) groups excluding carboxylic acids is 1. The Morgan fingerprint density at radius 3 is 2.44 bits per heavy atom. The van der Waals surface area contributed by atoms with E-state index in [1.54, 1.807) is 19.1 Å². The van der Waals surface area contributed by atoms with Gasteiger partial charge >= 0.3 is 0 Å². The van der Waals surface area contributed by atoms with Gasteiger partial charge in [0.05, 0.1) is 11.6 Å². The molecule has 1 amide bonds. The van der Waals surface area contributed by atoms with Crippen molar-refractivity contribution < 1.29 is 9.18 Å². The highest BCUT2D eigenvalue weighted by Crippen LogP contribution is 2.28. The molecule has 1 aliphatic heterocycles. The van der Waals surface area contributed by atoms with Crippen LogP contribution in [0.5, 0.6) is 0 Å². The van der Waals surface area contributed by atoms with E-state index in [4.69, 9.17) is 12.2 Å². The Morgan fingerprint density at radius 1 is 1.16 bits per heavy atom. The molecule has 1 atom stereocenters. The highest BCUT2D eigenvalue weighted by Gasteiger charge is 2.29. The van der Waals surface area contributed by atoms with Crippen LogP contribution in [-0.4, -0.2) is 11.0 Å². The van der Waals surface area contributed by atoms with Crippen molar-refractivity contribution in [2.24, 2.45) is 0 Å². The molecule has 3 rings (SSSR count). The van der Waals surface area contributed by atoms with Crippen LogP contribution in [0.15, 0.2) is 59.8 Å². The number of halogens is 2. The normalized spacial score (nSPS) is 16.9. The van der Waals surface area contributed by atoms with Crippen LogP contribution < -0.4 is 16.0 Å². The van der Waals surface area contributed by atoms with Crippen molar-refractivity contribution in [3.05, 3.63) is 74.8 Å². The summed E-state index contributed by atoms with van der Waals surface area (Å²) in [7, 11) is 0. The van der Waals surface area contributed by atoms with E-state index in [1.807, 2.05) is 24.3 Å². The lowest BCUT2D eigenvalue weighted by Gasteiger charge is -2.30. The molecule has 0 bridgehead atoms. The SMILES string of the molecule is CC1=C(C(=O)Nc2ccc(I)cc2)C(c2ccc(F)cc2)NC(=S)N1. The second-order valence-corrected chi connectivity index (χ2v) is 7.24. The minimum atomic E-state index is -0.446. The molecule has 0 aliphatic carbocycles. The van der Waals surface area contributed by atoms with E-state index in [9.17, 15) is 9.18 Å². The summed E-state index contributed by atoms with van der Waals surface area (Å²) in [5.74, 6) is -0.568. The van der Waals surface area contributed by atoms with Gasteiger partial charge in [0.1, 0.15) is 5.82 Å². The second kappa shape index (κ2) is 7.49. The zero-order valence-corrected chi connectivity index (χ0v) is 16.2. The minimum Gasteiger partial charge on any atom is -0.351 e. The number of carbonyl (C=O) groups is 1. The topological polar surface area (TPSA) is 53.2 Å². The first-order chi connectivity index (χ1) is 11.9. The number of anilines is 1. The summed E-state index contributed by atoms with van der Waals surface area (Å²) in [5.41, 5.74) is 2.65. The summed E-state index contributed by atoms with van der Waals surface area (Å²) >= 11 is 7.41. The van der Waals surface area contributed by atoms with E-state index in [-0.39, 0.29) is 11.7 Å². The van der Waals surface area contributed by atoms with Crippen LogP contribution in [0.2, 0.25) is 0 Å². The summed E-state index contributed by atoms with van der Waals surface area (Å²) in [6, 6.07) is 13.1. The lowest BCUT2D eigenvalue weighted by molar-refractivity contribution is -0.113. The van der Waals surface area contributed by atoms with Crippen molar-refractivity contribution in [1.29, 1.82) is 0 Å². The Morgan fingerprint density at radius 2 is 1.80 bits per heavy atom. The number of amides is 1. The number of nitrogens with one attached hydrogen (secondary N) is 3. The van der Waals surface area contributed by atoms with Crippen molar-refractivity contribution in [3.63, 3.8) is 0 Å². The maximum atomic E-state index is 13.2. The quantitative estimate of drug-likeness (QED) is 0.474. The number of hydrogen-bond acceptors (Lipinski definition) is 2. The number of hydrogen-bond donors (Lipinski definition) is 3. The van der Waals surface area contributed by atoms with Gasteiger partial charge in [0.2, 0.25) is 0 Å². The Bertz CT molecular complexity index is 850. The molecule has 3 N–H and O–H groups in total. The fourth-order valence-electron chi connectivity index (χ4n) is 2.63. The van der Waals surface area contributed by atoms with Crippen LogP contribution in [-0.2, 0) is 4.79 Å². The molecule has 0 aromatic heterocycles. The van der Waals surface area contributed by atoms with Gasteiger partial charge in [0.15, 0.2) is 5.11 Å². The van der Waals surface area contributed by atoms with E-state index in [0.717, 1.165) is 9.13 Å². The number of allylic oxidation sites excluding steroid dienone is 1. The molecular weight excluding hydrogens is 452 g/mol. The first kappa shape index (κ1) is 17.8. The lowest BCUT2D eigenvalue weighted by atomic mass is 9.95. The molecule has 2 aromatic rings. The molecule has 0 radical (unpaired) electrons. The third-order valence-electron chi connectivity index (χ3n) is 3.82. The van der Waals surface area contributed by atoms with Gasteiger partial charge in [-0.05, 0) is 83.7 Å². The van der Waals surface area contributed by atoms with Crippen molar-refractivity contribution in [3.8, 4) is 0 Å². The molecule has 1 unspecified atom stereocenters. The molecule has 0 fully saturated rings. The van der Waals surface area contributed by atoms with Crippen molar-refractivity contribution in [1.82, 2.24) is 10.6 Å². The molecule has 7 heteroatoms. The van der Waals surface area contributed by atoms with Crippen molar-refractivity contribution in [2.75, 3.05) is 5.32 Å². The predicted molar refractivity (Wildman–Crippen MR) is 108 cm³/mol. The fourth-order valence-corrected chi connectivity index (χ4v) is 3.26. The summed E-state index contributed by atoms with van der Waals surface area (Å²) < 4.78 is 14.3. The monoisotopic (exact) mass is 467 g/mol. The molecule has 1 aliphatic rings. The summed E-state index contributed by atoms with van der Waals surface area (Å²) in [6.45, 7) is 1.80. The van der Waals surface area contributed by atoms with Gasteiger partial charge in [-0.2, -0.15) is 0 Å². The molecule has 2 aromatic carbocycles. The van der Waals surface area contributed by atoms with Crippen LogP contribution in [0.3, 0.4) is 0 Å². The van der Waals surface area contributed by atoms with Crippen LogP contribution >= 0.6 is 34.8 Å². The summed E-state index contributed by atoms with van der Waals surface area (Å²) in [4.78, 5) is 12.9. The van der Waals surface area contributed by atoms with Gasteiger partial charge < -0.3 is 16.0 Å². The maximum Gasteiger partial charge on any atom is 0.255 e. The highest BCUT2D eigenvalue weighted by molar-refractivity contribution is 14.1. The molecule has 128 valence electrons. The Labute approximate surface area is 164 Å². The number of thiocarbonyl (C=S) groups is 1. The average molecular weight is 467 g/mol. The van der Waals surface area contributed by atoms with E-state index < -0.39 is 6.04 Å². The molecular formula is C18H15FIN3OS. The molecule has 4 nitrogen and oxygen atoms in total. The smallest absolute Gasteiger partial charge is 0.255 e. The van der Waals surface area contributed by atoms with Gasteiger partial charge in [-0.15, -0.1) is 0 Å². The first-order valence-electron chi connectivity index (χ1n) is 7.54. The molecule has 0 spiro atoms. The van der Waals surface area contributed by atoms with E-state index in [1.165, 1.54) is 12.1 Å². The summed E-state index contributed by atoms with van der Waals surface area (Å²) in [6.07, 6.45) is 0. The zero-order chi connectivity index (χ0) is 18.0. The van der Waals surface area contributed by atoms with Gasteiger partial charge in [-0.3, -0.25) is 4.79 Å². The van der Waals surface area contributed by atoms with Crippen LogP contribution in [0.1, 0.15) is 18.5 Å². The van der Waals surface area contributed by atoms with Gasteiger partial charge in [0.25, 0.3) is 5.91 Å². The van der Waals surface area contributed by atoms with Crippen LogP contribution in [0, 0.1) is 9.39 Å². The fraction of sp³-hybridized carbons (Fsp3) is 0.111. The van der Waals surface area contributed by atoms with E-state index in [2.05, 4.69) is 38.5 Å². The number of benzene rings is 2. The van der Waals surface area contributed by atoms with Crippen LogP contribution in [0.25, 0.3) is 0 Å². The largest absolute Gasteiger partial charge is 0.351 e. The summed E-state index contributed by atoms with van der Waals surface area (Å²) in [5, 5.41) is 9.39. The lowest BCUT2D eigenvalue weighted by Crippen LogP contribution is -2.45. The standard InChI is InChI=1S/C18H15FIN3OS/c1-10-15(17(24)22-14-8-6-13(20)7-9-14)16(23-18(25)21-10)11-2-4-12(19)5-3-11/h2-9,16H,1H3,(H,22,24)(H2,21,23,25). The van der Waals surface area contributed by atoms with Crippen LogP contribution in [0.4, 0.5) is 10.1 Å². The number of rotatable bonds is 3. The van der Waals surface area contributed by atoms with Gasteiger partial charge in [-0.1, -0.05) is 12.1 Å². The Hall–Kier alpha value is -2.00. The Balaban J connectivity index is 1.92. The first-order valence-corrected chi connectivity index (χ1v) is 9.03. The molecule has 0 saturated carbocycles. The second-order valence-electron chi connectivity index (χ2n) is 5.58. The minimum absolute atomic E-state index is 0.240. The Kier molecular flexibility index (Phi) is 5.33.